The highest BCUT2D eigenvalue weighted by atomic mass is 16.5. The van der Waals surface area contributed by atoms with Crippen LogP contribution >= 0.6 is 0 Å². The van der Waals surface area contributed by atoms with Crippen LogP contribution in [0.5, 0.6) is 0 Å². The number of rotatable bonds is 6. The first-order valence-corrected chi connectivity index (χ1v) is 10.1. The molecule has 5 nitrogen and oxygen atoms in total. The van der Waals surface area contributed by atoms with Gasteiger partial charge in [-0.3, -0.25) is 4.79 Å². The predicted molar refractivity (Wildman–Crippen MR) is 110 cm³/mol. The summed E-state index contributed by atoms with van der Waals surface area (Å²) in [6.45, 7) is 6.06. The van der Waals surface area contributed by atoms with Crippen LogP contribution in [0.4, 0.5) is 5.69 Å². The van der Waals surface area contributed by atoms with E-state index >= 15 is 0 Å². The molecule has 2 aliphatic rings. The fourth-order valence-electron chi connectivity index (χ4n) is 3.75. The molecule has 0 bridgehead atoms. The molecule has 1 aromatic heterocycles. The van der Waals surface area contributed by atoms with Gasteiger partial charge in [-0.25, -0.2) is 0 Å². The van der Waals surface area contributed by atoms with E-state index in [1.165, 1.54) is 12.1 Å². The monoisotopic (exact) mass is 380 g/mol. The SMILES string of the molecule is CC1CC1c1ccc(/C=C/C(=O)N(C)Cc2ccccc2N2CCOCC2)o1. The van der Waals surface area contributed by atoms with Crippen molar-refractivity contribution in [3.8, 4) is 0 Å². The molecule has 0 spiro atoms. The molecule has 28 heavy (non-hydrogen) atoms. The molecule has 2 atom stereocenters. The molecule has 0 radical (unpaired) electrons. The first kappa shape index (κ1) is 18.8. The Morgan fingerprint density at radius 3 is 2.71 bits per heavy atom. The van der Waals surface area contributed by atoms with E-state index in [2.05, 4.69) is 24.0 Å². The van der Waals surface area contributed by atoms with E-state index < -0.39 is 0 Å². The number of carbonyl (C=O) groups is 1. The third-order valence-corrected chi connectivity index (χ3v) is 5.64. The Bertz CT molecular complexity index is 851. The zero-order valence-electron chi connectivity index (χ0n) is 16.6. The summed E-state index contributed by atoms with van der Waals surface area (Å²) in [7, 11) is 1.84. The van der Waals surface area contributed by atoms with Gasteiger partial charge in [0.25, 0.3) is 0 Å². The van der Waals surface area contributed by atoms with E-state index in [1.54, 1.807) is 17.1 Å². The van der Waals surface area contributed by atoms with Crippen molar-refractivity contribution in [2.24, 2.45) is 5.92 Å². The second-order valence-electron chi connectivity index (χ2n) is 7.82. The number of furan rings is 1. The lowest BCUT2D eigenvalue weighted by Crippen LogP contribution is -2.37. The zero-order chi connectivity index (χ0) is 19.5. The van der Waals surface area contributed by atoms with Crippen molar-refractivity contribution in [3.63, 3.8) is 0 Å². The van der Waals surface area contributed by atoms with Crippen molar-refractivity contribution >= 4 is 17.7 Å². The van der Waals surface area contributed by atoms with E-state index in [4.69, 9.17) is 9.15 Å². The van der Waals surface area contributed by atoms with Gasteiger partial charge in [0.05, 0.1) is 13.2 Å². The number of hydrogen-bond acceptors (Lipinski definition) is 4. The molecule has 1 aliphatic carbocycles. The van der Waals surface area contributed by atoms with Crippen molar-refractivity contribution in [1.82, 2.24) is 4.90 Å². The van der Waals surface area contributed by atoms with Gasteiger partial charge in [-0.2, -0.15) is 0 Å². The Morgan fingerprint density at radius 2 is 1.96 bits per heavy atom. The zero-order valence-corrected chi connectivity index (χ0v) is 16.6. The lowest BCUT2D eigenvalue weighted by atomic mass is 10.1. The lowest BCUT2D eigenvalue weighted by molar-refractivity contribution is -0.125. The minimum atomic E-state index is -0.0329. The van der Waals surface area contributed by atoms with Crippen LogP contribution in [-0.2, 0) is 16.1 Å². The van der Waals surface area contributed by atoms with Gasteiger partial charge in [-0.1, -0.05) is 25.1 Å². The second-order valence-corrected chi connectivity index (χ2v) is 7.82. The summed E-state index contributed by atoms with van der Waals surface area (Å²) in [6, 6.07) is 12.3. The van der Waals surface area contributed by atoms with E-state index in [0.717, 1.165) is 43.4 Å². The first-order chi connectivity index (χ1) is 13.6. The second kappa shape index (κ2) is 8.23. The highest BCUT2D eigenvalue weighted by Crippen LogP contribution is 2.47. The average molecular weight is 380 g/mol. The Morgan fingerprint density at radius 1 is 1.21 bits per heavy atom. The van der Waals surface area contributed by atoms with Crippen LogP contribution in [0.2, 0.25) is 0 Å². The third-order valence-electron chi connectivity index (χ3n) is 5.64. The Balaban J connectivity index is 1.38. The summed E-state index contributed by atoms with van der Waals surface area (Å²) in [5.74, 6) is 3.01. The number of benzene rings is 1. The average Bonchev–Trinajstić information content (AvgIpc) is 3.26. The molecule has 1 aliphatic heterocycles. The van der Waals surface area contributed by atoms with E-state index in [-0.39, 0.29) is 5.91 Å². The third kappa shape index (κ3) is 4.30. The standard InChI is InChI=1S/C23H28N2O3/c1-17-15-20(17)22-9-7-19(28-22)8-10-23(26)24(2)16-18-5-3-4-6-21(18)25-11-13-27-14-12-25/h3-10,17,20H,11-16H2,1-2H3/b10-8+. The van der Waals surface area contributed by atoms with Crippen molar-refractivity contribution in [2.45, 2.75) is 25.8 Å². The molecule has 148 valence electrons. The molecule has 1 saturated carbocycles. The van der Waals surface area contributed by atoms with Crippen molar-refractivity contribution in [2.75, 3.05) is 38.3 Å². The highest BCUT2D eigenvalue weighted by Gasteiger charge is 2.36. The Kier molecular flexibility index (Phi) is 5.53. The smallest absolute Gasteiger partial charge is 0.246 e. The summed E-state index contributed by atoms with van der Waals surface area (Å²) in [6.07, 6.45) is 4.56. The van der Waals surface area contributed by atoms with Gasteiger partial charge >= 0.3 is 0 Å². The number of hydrogen-bond donors (Lipinski definition) is 0. The minimum Gasteiger partial charge on any atom is -0.461 e. The molecule has 4 rings (SSSR count). The first-order valence-electron chi connectivity index (χ1n) is 10.1. The Hall–Kier alpha value is -2.53. The van der Waals surface area contributed by atoms with Crippen LogP contribution in [0.1, 0.15) is 36.3 Å². The number of likely N-dealkylation sites (N-methyl/N-ethyl adjacent to an activating group) is 1. The maximum Gasteiger partial charge on any atom is 0.246 e. The molecule has 2 aromatic rings. The molecule has 1 aromatic carbocycles. The maximum atomic E-state index is 12.6. The molecule has 2 unspecified atom stereocenters. The number of amides is 1. The molecule has 5 heteroatoms. The quantitative estimate of drug-likeness (QED) is 0.713. The Labute approximate surface area is 166 Å². The summed E-state index contributed by atoms with van der Waals surface area (Å²) in [5, 5.41) is 0. The molecule has 1 amide bonds. The number of para-hydroxylation sites is 1. The van der Waals surface area contributed by atoms with Gasteiger partial charge in [0.1, 0.15) is 11.5 Å². The fraction of sp³-hybridized carbons (Fsp3) is 0.435. The molecule has 2 heterocycles. The van der Waals surface area contributed by atoms with Gasteiger partial charge in [-0.05, 0) is 42.2 Å². The summed E-state index contributed by atoms with van der Waals surface area (Å²) in [5.41, 5.74) is 2.33. The molecular weight excluding hydrogens is 352 g/mol. The summed E-state index contributed by atoms with van der Waals surface area (Å²) >= 11 is 0. The molecular formula is C23H28N2O3. The van der Waals surface area contributed by atoms with E-state index in [9.17, 15) is 4.79 Å². The van der Waals surface area contributed by atoms with Crippen LogP contribution in [0.3, 0.4) is 0 Å². The van der Waals surface area contributed by atoms with Crippen LogP contribution in [0.25, 0.3) is 6.08 Å². The summed E-state index contributed by atoms with van der Waals surface area (Å²) in [4.78, 5) is 16.6. The van der Waals surface area contributed by atoms with Crippen molar-refractivity contribution in [3.05, 3.63) is 59.6 Å². The number of carbonyl (C=O) groups excluding carboxylic acids is 1. The largest absolute Gasteiger partial charge is 0.461 e. The van der Waals surface area contributed by atoms with Crippen LogP contribution in [-0.4, -0.2) is 44.2 Å². The number of anilines is 1. The van der Waals surface area contributed by atoms with Crippen LogP contribution in [0.15, 0.2) is 46.9 Å². The predicted octanol–water partition coefficient (Wildman–Crippen LogP) is 3.91. The van der Waals surface area contributed by atoms with E-state index in [0.29, 0.717) is 18.4 Å². The molecule has 0 N–H and O–H groups in total. The molecule has 2 fully saturated rings. The number of nitrogens with zero attached hydrogens (tertiary/aromatic N) is 2. The van der Waals surface area contributed by atoms with Gasteiger partial charge in [-0.15, -0.1) is 0 Å². The van der Waals surface area contributed by atoms with E-state index in [1.807, 2.05) is 31.3 Å². The van der Waals surface area contributed by atoms with Crippen molar-refractivity contribution < 1.29 is 13.9 Å². The van der Waals surface area contributed by atoms with Gasteiger partial charge in [0, 0.05) is 44.4 Å². The lowest BCUT2D eigenvalue weighted by Gasteiger charge is -2.31. The summed E-state index contributed by atoms with van der Waals surface area (Å²) < 4.78 is 11.3. The maximum absolute atomic E-state index is 12.6. The van der Waals surface area contributed by atoms with Crippen molar-refractivity contribution in [1.29, 1.82) is 0 Å². The fourth-order valence-corrected chi connectivity index (χ4v) is 3.75. The highest BCUT2D eigenvalue weighted by molar-refractivity contribution is 5.91. The van der Waals surface area contributed by atoms with Gasteiger partial charge in [0.2, 0.25) is 5.91 Å². The molecule has 1 saturated heterocycles. The number of ether oxygens (including phenoxy) is 1. The topological polar surface area (TPSA) is 45.9 Å². The minimum absolute atomic E-state index is 0.0329. The van der Waals surface area contributed by atoms with Crippen LogP contribution in [0, 0.1) is 5.92 Å². The van der Waals surface area contributed by atoms with Crippen LogP contribution < -0.4 is 4.90 Å². The number of morpholine rings is 1. The normalized spacial score (nSPS) is 21.9. The van der Waals surface area contributed by atoms with Gasteiger partial charge < -0.3 is 19.0 Å². The van der Waals surface area contributed by atoms with Gasteiger partial charge in [0.15, 0.2) is 0 Å².